The third-order valence-electron chi connectivity index (χ3n) is 6.92. The maximum Gasteiger partial charge on any atom is 0.262 e. The van der Waals surface area contributed by atoms with Gasteiger partial charge in [0.1, 0.15) is 0 Å². The van der Waals surface area contributed by atoms with Crippen molar-refractivity contribution < 1.29 is 4.79 Å². The molecule has 36 heavy (non-hydrogen) atoms. The van der Waals surface area contributed by atoms with Crippen molar-refractivity contribution in [3.63, 3.8) is 0 Å². The summed E-state index contributed by atoms with van der Waals surface area (Å²) in [7, 11) is 0. The van der Waals surface area contributed by atoms with Crippen LogP contribution in [0.2, 0.25) is 0 Å². The fourth-order valence-corrected chi connectivity index (χ4v) is 5.86. The van der Waals surface area contributed by atoms with Gasteiger partial charge in [0, 0.05) is 17.4 Å². The summed E-state index contributed by atoms with van der Waals surface area (Å²) in [5.74, 6) is 0.617. The van der Waals surface area contributed by atoms with E-state index in [1.807, 2.05) is 30.3 Å². The van der Waals surface area contributed by atoms with E-state index in [1.54, 1.807) is 34.5 Å². The Morgan fingerprint density at radius 1 is 1.03 bits per heavy atom. The number of benzene rings is 3. The van der Waals surface area contributed by atoms with Crippen LogP contribution in [0.4, 0.5) is 0 Å². The molecule has 184 valence electrons. The van der Waals surface area contributed by atoms with Gasteiger partial charge in [-0.25, -0.2) is 4.98 Å². The predicted molar refractivity (Wildman–Crippen MR) is 147 cm³/mol. The lowest BCUT2D eigenvalue weighted by atomic mass is 10.1. The first-order chi connectivity index (χ1) is 17.5. The first-order valence-corrected chi connectivity index (χ1v) is 13.5. The maximum atomic E-state index is 13.7. The van der Waals surface area contributed by atoms with Crippen LogP contribution in [-0.4, -0.2) is 21.5 Å². The summed E-state index contributed by atoms with van der Waals surface area (Å²) in [4.78, 5) is 31.5. The van der Waals surface area contributed by atoms with E-state index < -0.39 is 0 Å². The molecule has 0 atom stereocenters. The van der Waals surface area contributed by atoms with Crippen molar-refractivity contribution in [2.75, 3.05) is 0 Å². The monoisotopic (exact) mass is 497 g/mol. The topological polar surface area (TPSA) is 64.0 Å². The lowest BCUT2D eigenvalue weighted by Gasteiger charge is -2.15. The van der Waals surface area contributed by atoms with Crippen LogP contribution in [0.15, 0.2) is 76.7 Å². The van der Waals surface area contributed by atoms with Crippen LogP contribution >= 0.6 is 11.8 Å². The zero-order chi connectivity index (χ0) is 25.1. The summed E-state index contributed by atoms with van der Waals surface area (Å²) in [5.41, 5.74) is 5.72. The van der Waals surface area contributed by atoms with Crippen LogP contribution in [0.3, 0.4) is 0 Å². The molecule has 0 spiro atoms. The van der Waals surface area contributed by atoms with Gasteiger partial charge in [0.25, 0.3) is 11.5 Å². The molecule has 4 aromatic rings. The highest BCUT2D eigenvalue weighted by molar-refractivity contribution is 7.98. The van der Waals surface area contributed by atoms with E-state index in [9.17, 15) is 9.59 Å². The third-order valence-corrected chi connectivity index (χ3v) is 7.94. The number of thioether (sulfide) groups is 1. The van der Waals surface area contributed by atoms with Crippen LogP contribution in [0, 0.1) is 13.8 Å². The molecule has 5 nitrogen and oxygen atoms in total. The zero-order valence-corrected chi connectivity index (χ0v) is 21.6. The molecule has 1 heterocycles. The third kappa shape index (κ3) is 5.39. The van der Waals surface area contributed by atoms with Crippen LogP contribution in [0.1, 0.15) is 58.3 Å². The maximum absolute atomic E-state index is 13.7. The molecule has 0 unspecified atom stereocenters. The summed E-state index contributed by atoms with van der Waals surface area (Å²) < 4.78 is 1.76. The molecule has 1 saturated carbocycles. The second-order valence-corrected chi connectivity index (χ2v) is 10.6. The van der Waals surface area contributed by atoms with E-state index in [4.69, 9.17) is 4.98 Å². The smallest absolute Gasteiger partial charge is 0.262 e. The van der Waals surface area contributed by atoms with Gasteiger partial charge >= 0.3 is 0 Å². The highest BCUT2D eigenvalue weighted by atomic mass is 32.2. The minimum atomic E-state index is -0.0938. The number of hydrogen-bond donors (Lipinski definition) is 1. The number of carbonyl (C=O) groups excluding carboxylic acids is 1. The largest absolute Gasteiger partial charge is 0.349 e. The Bertz CT molecular complexity index is 1460. The molecule has 1 aliphatic rings. The number of carbonyl (C=O) groups is 1. The van der Waals surface area contributed by atoms with Crippen molar-refractivity contribution in [1.29, 1.82) is 0 Å². The highest BCUT2D eigenvalue weighted by Gasteiger charge is 2.19. The summed E-state index contributed by atoms with van der Waals surface area (Å²) >= 11 is 1.56. The van der Waals surface area contributed by atoms with Crippen molar-refractivity contribution in [3.05, 3.63) is 105 Å². The van der Waals surface area contributed by atoms with E-state index in [0.29, 0.717) is 33.9 Å². The molecule has 0 saturated heterocycles. The fourth-order valence-electron chi connectivity index (χ4n) is 4.79. The van der Waals surface area contributed by atoms with E-state index in [0.717, 1.165) is 31.2 Å². The number of hydrogen-bond acceptors (Lipinski definition) is 4. The normalized spacial score (nSPS) is 13.8. The van der Waals surface area contributed by atoms with Gasteiger partial charge in [-0.2, -0.15) is 0 Å². The van der Waals surface area contributed by atoms with Crippen LogP contribution in [0.25, 0.3) is 10.9 Å². The van der Waals surface area contributed by atoms with Gasteiger partial charge in [-0.15, -0.1) is 0 Å². The summed E-state index contributed by atoms with van der Waals surface area (Å²) in [5, 5.41) is 4.32. The molecule has 1 amide bonds. The second-order valence-electron chi connectivity index (χ2n) is 9.68. The van der Waals surface area contributed by atoms with Gasteiger partial charge in [-0.05, 0) is 61.6 Å². The van der Waals surface area contributed by atoms with Crippen molar-refractivity contribution >= 4 is 28.6 Å². The minimum absolute atomic E-state index is 0.0879. The molecular weight excluding hydrogens is 466 g/mol. The standard InChI is InChI=1S/C30H31N3O2S/c1-20-12-13-21(2)24(16-20)19-36-30-32-27-17-23(28(34)31-25-10-6-7-11-25)14-15-26(27)29(35)33(30)18-22-8-4-3-5-9-22/h3-5,8-9,12-17,25H,6-7,10-11,18-19H2,1-2H3,(H,31,34). The molecule has 0 bridgehead atoms. The molecule has 0 aliphatic heterocycles. The van der Waals surface area contributed by atoms with E-state index in [2.05, 4.69) is 37.4 Å². The summed E-state index contributed by atoms with van der Waals surface area (Å²) in [6.07, 6.45) is 4.38. The Hall–Kier alpha value is -3.38. The van der Waals surface area contributed by atoms with Gasteiger partial charge in [0.15, 0.2) is 5.16 Å². The lowest BCUT2D eigenvalue weighted by Crippen LogP contribution is -2.32. The zero-order valence-electron chi connectivity index (χ0n) is 20.8. The summed E-state index contributed by atoms with van der Waals surface area (Å²) in [6.45, 7) is 4.64. The van der Waals surface area contributed by atoms with Gasteiger partial charge < -0.3 is 5.32 Å². The fraction of sp³-hybridized carbons (Fsp3) is 0.300. The first-order valence-electron chi connectivity index (χ1n) is 12.6. The van der Waals surface area contributed by atoms with Crippen molar-refractivity contribution in [1.82, 2.24) is 14.9 Å². The Morgan fingerprint density at radius 2 is 1.81 bits per heavy atom. The molecule has 1 aromatic heterocycles. The number of rotatable bonds is 7. The van der Waals surface area contributed by atoms with E-state index in [-0.39, 0.29) is 17.5 Å². The molecule has 0 radical (unpaired) electrons. The molecular formula is C30H31N3O2S. The quantitative estimate of drug-likeness (QED) is 0.250. The Balaban J connectivity index is 1.52. The Kier molecular flexibility index (Phi) is 7.23. The number of amides is 1. The SMILES string of the molecule is Cc1ccc(C)c(CSc2nc3cc(C(=O)NC4CCCC4)ccc3c(=O)n2Cc2ccccc2)c1. The molecule has 1 aliphatic carbocycles. The van der Waals surface area contributed by atoms with Gasteiger partial charge in [-0.3, -0.25) is 14.2 Å². The molecule has 3 aromatic carbocycles. The summed E-state index contributed by atoms with van der Waals surface area (Å²) in [6, 6.07) is 21.9. The van der Waals surface area contributed by atoms with Crippen molar-refractivity contribution in [2.45, 2.75) is 63.0 Å². The number of nitrogens with zero attached hydrogens (tertiary/aromatic N) is 2. The van der Waals surface area contributed by atoms with Crippen LogP contribution in [-0.2, 0) is 12.3 Å². The number of aryl methyl sites for hydroxylation is 2. The van der Waals surface area contributed by atoms with Gasteiger partial charge in [-0.1, -0.05) is 78.7 Å². The Labute approximate surface area is 216 Å². The van der Waals surface area contributed by atoms with E-state index >= 15 is 0 Å². The number of nitrogens with one attached hydrogen (secondary N) is 1. The second kappa shape index (κ2) is 10.7. The molecule has 1 fully saturated rings. The molecule has 5 rings (SSSR count). The van der Waals surface area contributed by atoms with Gasteiger partial charge in [0.2, 0.25) is 0 Å². The number of aromatic nitrogens is 2. The first kappa shape index (κ1) is 24.3. The van der Waals surface area contributed by atoms with Crippen molar-refractivity contribution in [3.8, 4) is 0 Å². The molecule has 6 heteroatoms. The van der Waals surface area contributed by atoms with Crippen LogP contribution in [0.5, 0.6) is 0 Å². The minimum Gasteiger partial charge on any atom is -0.349 e. The average Bonchev–Trinajstić information content (AvgIpc) is 3.40. The predicted octanol–water partition coefficient (Wildman–Crippen LogP) is 6.03. The number of fused-ring (bicyclic) bond motifs is 1. The average molecular weight is 498 g/mol. The van der Waals surface area contributed by atoms with Crippen molar-refractivity contribution in [2.24, 2.45) is 0 Å². The highest BCUT2D eigenvalue weighted by Crippen LogP contribution is 2.26. The lowest BCUT2D eigenvalue weighted by molar-refractivity contribution is 0.0938. The van der Waals surface area contributed by atoms with E-state index in [1.165, 1.54) is 16.7 Å². The van der Waals surface area contributed by atoms with Gasteiger partial charge in [0.05, 0.1) is 17.4 Å². The Morgan fingerprint density at radius 3 is 2.58 bits per heavy atom. The molecule has 1 N–H and O–H groups in total. The van der Waals surface area contributed by atoms with Crippen LogP contribution < -0.4 is 10.9 Å².